The summed E-state index contributed by atoms with van der Waals surface area (Å²) >= 11 is 0. The molecule has 1 aliphatic rings. The Bertz CT molecular complexity index is 550. The van der Waals surface area contributed by atoms with Crippen molar-refractivity contribution in [2.45, 2.75) is 64.7 Å². The Kier molecular flexibility index (Phi) is 6.23. The number of nitrogens with zero attached hydrogens (tertiary/aromatic N) is 1. The molecule has 1 aromatic rings. The summed E-state index contributed by atoms with van der Waals surface area (Å²) < 4.78 is 10.9. The number of hydrogen-bond donors (Lipinski definition) is 0. The molecule has 1 aliphatic heterocycles. The van der Waals surface area contributed by atoms with Crippen LogP contribution in [0.2, 0.25) is 0 Å². The van der Waals surface area contributed by atoms with E-state index in [2.05, 4.69) is 0 Å². The molecule has 0 bridgehead atoms. The minimum atomic E-state index is -0.566. The largest absolute Gasteiger partial charge is 0.458 e. The molecule has 1 atom stereocenters. The van der Waals surface area contributed by atoms with Crippen molar-refractivity contribution >= 4 is 12.1 Å². The van der Waals surface area contributed by atoms with E-state index in [4.69, 9.17) is 9.47 Å². The molecule has 1 saturated heterocycles. The number of hydrogen-bond acceptors (Lipinski definition) is 4. The smallest absolute Gasteiger partial charge is 0.410 e. The van der Waals surface area contributed by atoms with Gasteiger partial charge in [-0.3, -0.25) is 4.90 Å². The third kappa shape index (κ3) is 5.55. The van der Waals surface area contributed by atoms with Gasteiger partial charge in [0.05, 0.1) is 0 Å². The van der Waals surface area contributed by atoms with Crippen molar-refractivity contribution in [3.05, 3.63) is 35.9 Å². The van der Waals surface area contributed by atoms with E-state index in [0.29, 0.717) is 13.0 Å². The molecule has 1 fully saturated rings. The van der Waals surface area contributed by atoms with Gasteiger partial charge in [-0.1, -0.05) is 43.2 Å². The lowest BCUT2D eigenvalue weighted by Gasteiger charge is -2.30. The highest BCUT2D eigenvalue weighted by Crippen LogP contribution is 2.21. The average molecular weight is 333 g/mol. The molecule has 5 nitrogen and oxygen atoms in total. The first kappa shape index (κ1) is 18.3. The highest BCUT2D eigenvalue weighted by atomic mass is 16.6. The zero-order valence-electron chi connectivity index (χ0n) is 14.8. The first-order valence-corrected chi connectivity index (χ1v) is 8.57. The summed E-state index contributed by atoms with van der Waals surface area (Å²) in [4.78, 5) is 26.5. The van der Waals surface area contributed by atoms with Gasteiger partial charge in [0.1, 0.15) is 18.2 Å². The zero-order valence-corrected chi connectivity index (χ0v) is 14.8. The fraction of sp³-hybridized carbons (Fsp3) is 0.579. The SMILES string of the molecule is CC(C)(C)OC(=O)[C@H]1CCCCCN1C(=O)OCc1ccccc1. The van der Waals surface area contributed by atoms with Crippen molar-refractivity contribution in [1.82, 2.24) is 4.90 Å². The van der Waals surface area contributed by atoms with E-state index in [1.165, 1.54) is 4.90 Å². The van der Waals surface area contributed by atoms with E-state index in [9.17, 15) is 9.59 Å². The molecule has 1 heterocycles. The monoisotopic (exact) mass is 333 g/mol. The van der Waals surface area contributed by atoms with Crippen LogP contribution in [0.4, 0.5) is 4.79 Å². The molecule has 0 spiro atoms. The van der Waals surface area contributed by atoms with Gasteiger partial charge >= 0.3 is 12.1 Å². The number of amides is 1. The van der Waals surface area contributed by atoms with Gasteiger partial charge in [0.2, 0.25) is 0 Å². The van der Waals surface area contributed by atoms with Crippen LogP contribution in [0.3, 0.4) is 0 Å². The maximum atomic E-state index is 12.5. The number of carbonyl (C=O) groups excluding carboxylic acids is 2. The topological polar surface area (TPSA) is 55.8 Å². The van der Waals surface area contributed by atoms with Crippen molar-refractivity contribution in [2.75, 3.05) is 6.54 Å². The van der Waals surface area contributed by atoms with Crippen LogP contribution in [0.1, 0.15) is 52.0 Å². The van der Waals surface area contributed by atoms with E-state index in [1.807, 2.05) is 51.1 Å². The third-order valence-electron chi connectivity index (χ3n) is 3.87. The van der Waals surface area contributed by atoms with Gasteiger partial charge in [-0.25, -0.2) is 9.59 Å². The summed E-state index contributed by atoms with van der Waals surface area (Å²) in [5, 5.41) is 0. The Hall–Kier alpha value is -2.04. The maximum absolute atomic E-state index is 12.5. The van der Waals surface area contributed by atoms with Gasteiger partial charge < -0.3 is 9.47 Å². The second kappa shape index (κ2) is 8.18. The minimum Gasteiger partial charge on any atom is -0.458 e. The number of carbonyl (C=O) groups is 2. The fourth-order valence-corrected chi connectivity index (χ4v) is 2.74. The maximum Gasteiger partial charge on any atom is 0.410 e. The molecule has 0 aromatic heterocycles. The minimum absolute atomic E-state index is 0.206. The summed E-state index contributed by atoms with van der Waals surface area (Å²) in [5.74, 6) is -0.346. The van der Waals surface area contributed by atoms with Gasteiger partial charge in [-0.05, 0) is 39.2 Å². The van der Waals surface area contributed by atoms with Gasteiger partial charge in [0.15, 0.2) is 0 Å². The predicted molar refractivity (Wildman–Crippen MR) is 91.4 cm³/mol. The van der Waals surface area contributed by atoms with Crippen LogP contribution in [0, 0.1) is 0 Å². The summed E-state index contributed by atoms with van der Waals surface area (Å²) in [6.07, 6.45) is 2.96. The van der Waals surface area contributed by atoms with Crippen molar-refractivity contribution in [3.8, 4) is 0 Å². The Labute approximate surface area is 143 Å². The lowest BCUT2D eigenvalue weighted by atomic mass is 10.1. The van der Waals surface area contributed by atoms with E-state index in [0.717, 1.165) is 24.8 Å². The molecular formula is C19H27NO4. The van der Waals surface area contributed by atoms with E-state index in [1.54, 1.807) is 0 Å². The Morgan fingerprint density at radius 1 is 1.12 bits per heavy atom. The number of rotatable bonds is 3. The first-order chi connectivity index (χ1) is 11.4. The van der Waals surface area contributed by atoms with Crippen LogP contribution in [-0.2, 0) is 20.9 Å². The summed E-state index contributed by atoms with van der Waals surface area (Å²) in [7, 11) is 0. The van der Waals surface area contributed by atoms with Crippen molar-refractivity contribution < 1.29 is 19.1 Å². The standard InChI is InChI=1S/C19H27NO4/c1-19(2,3)24-17(21)16-12-8-5-9-13-20(16)18(22)23-14-15-10-6-4-7-11-15/h4,6-7,10-11,16H,5,8-9,12-14H2,1-3H3/t16-/m1/s1. The van der Waals surface area contributed by atoms with Gasteiger partial charge in [0, 0.05) is 6.54 Å². The van der Waals surface area contributed by atoms with Crippen molar-refractivity contribution in [2.24, 2.45) is 0 Å². The molecule has 132 valence electrons. The van der Waals surface area contributed by atoms with E-state index >= 15 is 0 Å². The molecule has 24 heavy (non-hydrogen) atoms. The van der Waals surface area contributed by atoms with Crippen LogP contribution in [0.5, 0.6) is 0 Å². The lowest BCUT2D eigenvalue weighted by Crippen LogP contribution is -2.47. The molecule has 2 rings (SSSR count). The molecule has 1 amide bonds. The molecule has 5 heteroatoms. The fourth-order valence-electron chi connectivity index (χ4n) is 2.74. The predicted octanol–water partition coefficient (Wildman–Crippen LogP) is 3.91. The highest BCUT2D eigenvalue weighted by molar-refractivity contribution is 5.81. The van der Waals surface area contributed by atoms with Gasteiger partial charge in [-0.2, -0.15) is 0 Å². The molecule has 0 radical (unpaired) electrons. The van der Waals surface area contributed by atoms with Crippen LogP contribution in [0.25, 0.3) is 0 Å². The molecule has 0 saturated carbocycles. The third-order valence-corrected chi connectivity index (χ3v) is 3.87. The van der Waals surface area contributed by atoms with Crippen molar-refractivity contribution in [3.63, 3.8) is 0 Å². The first-order valence-electron chi connectivity index (χ1n) is 8.57. The van der Waals surface area contributed by atoms with Crippen LogP contribution >= 0.6 is 0 Å². The molecule has 0 aliphatic carbocycles. The van der Waals surface area contributed by atoms with Crippen LogP contribution < -0.4 is 0 Å². The van der Waals surface area contributed by atoms with Gasteiger partial charge in [-0.15, -0.1) is 0 Å². The molecule has 0 unspecified atom stereocenters. The molecule has 1 aromatic carbocycles. The normalized spacial score (nSPS) is 18.6. The quantitative estimate of drug-likeness (QED) is 0.787. The second-order valence-electron chi connectivity index (χ2n) is 7.13. The van der Waals surface area contributed by atoms with Crippen LogP contribution in [0.15, 0.2) is 30.3 Å². The number of esters is 1. The summed E-state index contributed by atoms with van der Waals surface area (Å²) in [6, 6.07) is 8.97. The van der Waals surface area contributed by atoms with E-state index < -0.39 is 17.7 Å². The average Bonchev–Trinajstić information content (AvgIpc) is 2.78. The molecular weight excluding hydrogens is 306 g/mol. The zero-order chi connectivity index (χ0) is 17.6. The summed E-state index contributed by atoms with van der Waals surface area (Å²) in [5.41, 5.74) is 0.359. The van der Waals surface area contributed by atoms with Crippen molar-refractivity contribution in [1.29, 1.82) is 0 Å². The van der Waals surface area contributed by atoms with E-state index in [-0.39, 0.29) is 12.6 Å². The van der Waals surface area contributed by atoms with Crippen LogP contribution in [-0.4, -0.2) is 35.2 Å². The summed E-state index contributed by atoms with van der Waals surface area (Å²) in [6.45, 7) is 6.23. The Morgan fingerprint density at radius 2 is 1.83 bits per heavy atom. The Morgan fingerprint density at radius 3 is 2.50 bits per heavy atom. The number of benzene rings is 1. The van der Waals surface area contributed by atoms with Gasteiger partial charge in [0.25, 0.3) is 0 Å². The highest BCUT2D eigenvalue weighted by Gasteiger charge is 2.35. The molecule has 0 N–H and O–H groups in total. The lowest BCUT2D eigenvalue weighted by molar-refractivity contribution is -0.161. The Balaban J connectivity index is 2.02. The second-order valence-corrected chi connectivity index (χ2v) is 7.13. The number of ether oxygens (including phenoxy) is 2. The number of likely N-dealkylation sites (tertiary alicyclic amines) is 1.